The van der Waals surface area contributed by atoms with Gasteiger partial charge in [-0.2, -0.15) is 0 Å². The van der Waals surface area contributed by atoms with Crippen molar-refractivity contribution in [1.82, 2.24) is 9.88 Å². The Morgan fingerprint density at radius 1 is 1.27 bits per heavy atom. The van der Waals surface area contributed by atoms with E-state index in [2.05, 4.69) is 4.90 Å². The molecule has 2 heterocycles. The normalized spacial score (nSPS) is 18.1. The number of aryl methyl sites for hydroxylation is 1. The van der Waals surface area contributed by atoms with Crippen molar-refractivity contribution < 1.29 is 19.0 Å². The van der Waals surface area contributed by atoms with Gasteiger partial charge in [0.25, 0.3) is 0 Å². The number of hydrogen-bond donors (Lipinski definition) is 1. The zero-order valence-corrected chi connectivity index (χ0v) is 16.0. The lowest BCUT2D eigenvalue weighted by atomic mass is 9.99. The first-order valence-corrected chi connectivity index (χ1v) is 9.08. The third-order valence-electron chi connectivity index (χ3n) is 5.14. The van der Waals surface area contributed by atoms with Crippen molar-refractivity contribution in [2.24, 2.45) is 5.92 Å². The summed E-state index contributed by atoms with van der Waals surface area (Å²) >= 11 is 0. The summed E-state index contributed by atoms with van der Waals surface area (Å²) in [5.41, 5.74) is 2.69. The number of methoxy groups -OCH3 is 2. The minimum absolute atomic E-state index is 0.252. The van der Waals surface area contributed by atoms with Gasteiger partial charge in [0.2, 0.25) is 5.89 Å². The summed E-state index contributed by atoms with van der Waals surface area (Å²) in [5, 5.41) is 9.42. The Morgan fingerprint density at radius 3 is 2.77 bits per heavy atom. The maximum absolute atomic E-state index is 9.42. The van der Waals surface area contributed by atoms with Gasteiger partial charge in [-0.25, -0.2) is 4.98 Å². The fourth-order valence-corrected chi connectivity index (χ4v) is 3.67. The number of nitrogens with zero attached hydrogens (tertiary/aromatic N) is 2. The highest BCUT2D eigenvalue weighted by Gasteiger charge is 2.23. The van der Waals surface area contributed by atoms with E-state index in [1.165, 1.54) is 0 Å². The van der Waals surface area contributed by atoms with Gasteiger partial charge >= 0.3 is 0 Å². The SMILES string of the molecule is COc1ccc(-c2nc(CN3CCCC(CO)C3)c(C)o2)c(OC)c1C. The van der Waals surface area contributed by atoms with E-state index < -0.39 is 0 Å². The number of aliphatic hydroxyl groups is 1. The molecule has 3 rings (SSSR count). The second-order valence-corrected chi connectivity index (χ2v) is 6.92. The lowest BCUT2D eigenvalue weighted by Gasteiger charge is -2.31. The van der Waals surface area contributed by atoms with Crippen LogP contribution in [0.25, 0.3) is 11.5 Å². The second kappa shape index (κ2) is 8.10. The summed E-state index contributed by atoms with van der Waals surface area (Å²) in [5.74, 6) is 3.24. The van der Waals surface area contributed by atoms with Gasteiger partial charge in [0.1, 0.15) is 17.3 Å². The molecular formula is C20H28N2O4. The van der Waals surface area contributed by atoms with E-state index in [1.807, 2.05) is 26.0 Å². The van der Waals surface area contributed by atoms with Crippen LogP contribution < -0.4 is 9.47 Å². The van der Waals surface area contributed by atoms with Gasteiger partial charge in [-0.1, -0.05) is 0 Å². The number of piperidine rings is 1. The molecule has 0 saturated carbocycles. The minimum Gasteiger partial charge on any atom is -0.496 e. The average molecular weight is 360 g/mol. The highest BCUT2D eigenvalue weighted by molar-refractivity contribution is 5.68. The Morgan fingerprint density at radius 2 is 2.08 bits per heavy atom. The molecule has 142 valence electrons. The van der Waals surface area contributed by atoms with E-state index in [-0.39, 0.29) is 6.61 Å². The molecule has 0 bridgehead atoms. The van der Waals surface area contributed by atoms with Crippen molar-refractivity contribution in [2.75, 3.05) is 33.9 Å². The molecule has 1 N–H and O–H groups in total. The van der Waals surface area contributed by atoms with Crippen molar-refractivity contribution in [2.45, 2.75) is 33.2 Å². The van der Waals surface area contributed by atoms with E-state index >= 15 is 0 Å². The van der Waals surface area contributed by atoms with Crippen LogP contribution in [0.3, 0.4) is 0 Å². The molecule has 0 spiro atoms. The largest absolute Gasteiger partial charge is 0.496 e. The van der Waals surface area contributed by atoms with E-state index in [0.717, 1.165) is 66.6 Å². The topological polar surface area (TPSA) is 68.0 Å². The molecule has 1 aromatic heterocycles. The van der Waals surface area contributed by atoms with Gasteiger partial charge in [0, 0.05) is 25.3 Å². The molecular weight excluding hydrogens is 332 g/mol. The van der Waals surface area contributed by atoms with Crippen LogP contribution in [0.4, 0.5) is 0 Å². The molecule has 0 radical (unpaired) electrons. The molecule has 0 aliphatic carbocycles. The van der Waals surface area contributed by atoms with Crippen molar-refractivity contribution >= 4 is 0 Å². The fourth-order valence-electron chi connectivity index (χ4n) is 3.67. The Hall–Kier alpha value is -2.05. The van der Waals surface area contributed by atoms with Crippen LogP contribution in [-0.2, 0) is 6.54 Å². The van der Waals surface area contributed by atoms with E-state index in [9.17, 15) is 5.11 Å². The molecule has 26 heavy (non-hydrogen) atoms. The van der Waals surface area contributed by atoms with Gasteiger partial charge in [0.05, 0.1) is 25.5 Å². The molecule has 1 aromatic carbocycles. The van der Waals surface area contributed by atoms with Crippen molar-refractivity contribution in [3.05, 3.63) is 29.2 Å². The number of aliphatic hydroxyl groups excluding tert-OH is 1. The Labute approximate surface area is 154 Å². The molecule has 1 unspecified atom stereocenters. The van der Waals surface area contributed by atoms with Gasteiger partial charge in [-0.3, -0.25) is 4.90 Å². The van der Waals surface area contributed by atoms with Crippen LogP contribution in [-0.4, -0.2) is 48.9 Å². The third kappa shape index (κ3) is 3.71. The number of aromatic nitrogens is 1. The predicted molar refractivity (Wildman–Crippen MR) is 99.6 cm³/mol. The van der Waals surface area contributed by atoms with E-state index in [4.69, 9.17) is 18.9 Å². The number of rotatable bonds is 6. The number of oxazole rings is 1. The van der Waals surface area contributed by atoms with Crippen LogP contribution in [0.15, 0.2) is 16.5 Å². The number of likely N-dealkylation sites (tertiary alicyclic amines) is 1. The third-order valence-corrected chi connectivity index (χ3v) is 5.14. The molecule has 1 aliphatic heterocycles. The van der Waals surface area contributed by atoms with Gasteiger partial charge in [0.15, 0.2) is 0 Å². The molecule has 1 fully saturated rings. The summed E-state index contributed by atoms with van der Waals surface area (Å²) in [7, 11) is 3.29. The zero-order valence-electron chi connectivity index (χ0n) is 16.0. The standard InChI is InChI=1S/C20H28N2O4/c1-13-18(24-3)8-7-16(19(13)25-4)20-21-17(14(2)26-20)11-22-9-5-6-15(10-22)12-23/h7-8,15,23H,5-6,9-12H2,1-4H3. The van der Waals surface area contributed by atoms with Gasteiger partial charge in [-0.15, -0.1) is 0 Å². The van der Waals surface area contributed by atoms with Gasteiger partial charge < -0.3 is 19.0 Å². The lowest BCUT2D eigenvalue weighted by Crippen LogP contribution is -2.36. The first-order chi connectivity index (χ1) is 12.6. The molecule has 0 amide bonds. The minimum atomic E-state index is 0.252. The fraction of sp³-hybridized carbons (Fsp3) is 0.550. The number of hydrogen-bond acceptors (Lipinski definition) is 6. The second-order valence-electron chi connectivity index (χ2n) is 6.92. The van der Waals surface area contributed by atoms with Crippen LogP contribution in [0.5, 0.6) is 11.5 Å². The lowest BCUT2D eigenvalue weighted by molar-refractivity contribution is 0.115. The molecule has 1 aliphatic rings. The molecule has 6 heteroatoms. The Bertz CT molecular complexity index is 757. The van der Waals surface area contributed by atoms with Crippen molar-refractivity contribution in [3.8, 4) is 23.0 Å². The highest BCUT2D eigenvalue weighted by Crippen LogP contribution is 2.38. The summed E-state index contributed by atoms with van der Waals surface area (Å²) in [6.07, 6.45) is 2.21. The first kappa shape index (κ1) is 18.7. The number of benzene rings is 1. The first-order valence-electron chi connectivity index (χ1n) is 9.08. The Balaban J connectivity index is 1.85. The smallest absolute Gasteiger partial charge is 0.230 e. The van der Waals surface area contributed by atoms with Crippen LogP contribution in [0.2, 0.25) is 0 Å². The summed E-state index contributed by atoms with van der Waals surface area (Å²) in [6, 6.07) is 3.82. The maximum atomic E-state index is 9.42. The molecule has 2 aromatic rings. The monoisotopic (exact) mass is 360 g/mol. The average Bonchev–Trinajstić information content (AvgIpc) is 3.01. The predicted octanol–water partition coefficient (Wildman–Crippen LogP) is 3.18. The quantitative estimate of drug-likeness (QED) is 0.853. The summed E-state index contributed by atoms with van der Waals surface area (Å²) in [6.45, 7) is 6.83. The van der Waals surface area contributed by atoms with E-state index in [0.29, 0.717) is 11.8 Å². The highest BCUT2D eigenvalue weighted by atomic mass is 16.5. The van der Waals surface area contributed by atoms with Crippen LogP contribution in [0, 0.1) is 19.8 Å². The molecule has 1 atom stereocenters. The van der Waals surface area contributed by atoms with Crippen LogP contribution in [0.1, 0.15) is 29.9 Å². The van der Waals surface area contributed by atoms with E-state index in [1.54, 1.807) is 14.2 Å². The number of ether oxygens (including phenoxy) is 2. The zero-order chi connectivity index (χ0) is 18.7. The summed E-state index contributed by atoms with van der Waals surface area (Å²) < 4.78 is 16.9. The summed E-state index contributed by atoms with van der Waals surface area (Å²) in [4.78, 5) is 7.08. The molecule has 6 nitrogen and oxygen atoms in total. The van der Waals surface area contributed by atoms with Gasteiger partial charge in [-0.05, 0) is 51.3 Å². The van der Waals surface area contributed by atoms with Crippen LogP contribution >= 0.6 is 0 Å². The Kier molecular flexibility index (Phi) is 5.84. The molecule has 1 saturated heterocycles. The van der Waals surface area contributed by atoms with Crippen molar-refractivity contribution in [1.29, 1.82) is 0 Å². The maximum Gasteiger partial charge on any atom is 0.230 e. The van der Waals surface area contributed by atoms with Crippen molar-refractivity contribution in [3.63, 3.8) is 0 Å².